The van der Waals surface area contributed by atoms with Gasteiger partial charge in [-0.1, -0.05) is 12.1 Å². The zero-order valence-electron chi connectivity index (χ0n) is 14.0. The van der Waals surface area contributed by atoms with E-state index in [1.54, 1.807) is 24.3 Å². The van der Waals surface area contributed by atoms with E-state index in [0.717, 1.165) is 6.42 Å². The number of carbonyl (C=O) groups is 2. The van der Waals surface area contributed by atoms with E-state index >= 15 is 0 Å². The average molecular weight is 333 g/mol. The molecular weight excluding hydrogens is 310 g/mol. The van der Waals surface area contributed by atoms with E-state index in [1.807, 2.05) is 4.90 Å². The van der Waals surface area contributed by atoms with Crippen LogP contribution in [0.3, 0.4) is 0 Å². The smallest absolute Gasteiger partial charge is 0.243 e. The Morgan fingerprint density at radius 2 is 2.13 bits per heavy atom. The van der Waals surface area contributed by atoms with Crippen molar-refractivity contribution in [3.63, 3.8) is 0 Å². The summed E-state index contributed by atoms with van der Waals surface area (Å²) in [5, 5.41) is 6.69. The van der Waals surface area contributed by atoms with Gasteiger partial charge >= 0.3 is 0 Å². The van der Waals surface area contributed by atoms with Crippen LogP contribution in [-0.4, -0.2) is 39.8 Å². The van der Waals surface area contributed by atoms with Gasteiger partial charge in [0.25, 0.3) is 0 Å². The van der Waals surface area contributed by atoms with Gasteiger partial charge in [0.15, 0.2) is 10.9 Å². The lowest BCUT2D eigenvalue weighted by Gasteiger charge is -2.44. The molecule has 1 fully saturated rings. The van der Waals surface area contributed by atoms with Crippen molar-refractivity contribution < 1.29 is 9.59 Å². The van der Waals surface area contributed by atoms with Crippen LogP contribution < -0.4 is 10.6 Å². The van der Waals surface area contributed by atoms with Crippen molar-refractivity contribution in [3.05, 3.63) is 29.8 Å². The Balaban J connectivity index is 2.01. The van der Waals surface area contributed by atoms with Gasteiger partial charge in [-0.15, -0.1) is 0 Å². The number of nitrogens with zero attached hydrogens (tertiary/aromatic N) is 1. The van der Waals surface area contributed by atoms with Gasteiger partial charge in [0.2, 0.25) is 5.91 Å². The van der Waals surface area contributed by atoms with Crippen LogP contribution in [0.5, 0.6) is 0 Å². The Morgan fingerprint density at radius 1 is 1.43 bits per heavy atom. The zero-order chi connectivity index (χ0) is 17.2. The van der Waals surface area contributed by atoms with E-state index in [-0.39, 0.29) is 29.8 Å². The van der Waals surface area contributed by atoms with Gasteiger partial charge in [0.05, 0.1) is 6.54 Å². The molecule has 0 aliphatic carbocycles. The van der Waals surface area contributed by atoms with Crippen LogP contribution in [-0.2, 0) is 4.79 Å². The maximum Gasteiger partial charge on any atom is 0.243 e. The highest BCUT2D eigenvalue weighted by Gasteiger charge is 2.33. The molecule has 0 spiro atoms. The van der Waals surface area contributed by atoms with E-state index in [0.29, 0.717) is 16.4 Å². The van der Waals surface area contributed by atoms with Gasteiger partial charge in [-0.05, 0) is 58.5 Å². The molecule has 1 aromatic carbocycles. The van der Waals surface area contributed by atoms with Crippen molar-refractivity contribution in [2.45, 2.75) is 45.7 Å². The van der Waals surface area contributed by atoms with Crippen LogP contribution >= 0.6 is 12.2 Å². The summed E-state index contributed by atoms with van der Waals surface area (Å²) in [6.07, 6.45) is 0.903. The summed E-state index contributed by atoms with van der Waals surface area (Å²) in [5.74, 6) is -0.181. The van der Waals surface area contributed by atoms with Crippen LogP contribution in [0.15, 0.2) is 24.3 Å². The minimum atomic E-state index is -0.151. The number of ketones is 1. The molecule has 1 aromatic rings. The van der Waals surface area contributed by atoms with Crippen molar-refractivity contribution in [1.29, 1.82) is 0 Å². The molecule has 124 valence electrons. The fraction of sp³-hybridized carbons (Fsp3) is 0.471. The van der Waals surface area contributed by atoms with Gasteiger partial charge in [0.1, 0.15) is 0 Å². The fourth-order valence-electron chi connectivity index (χ4n) is 2.86. The number of Topliss-reactive ketones (excluding diaryl/α,β-unsaturated/α-hetero) is 1. The summed E-state index contributed by atoms with van der Waals surface area (Å²) in [6.45, 7) is 7.95. The lowest BCUT2D eigenvalue weighted by molar-refractivity contribution is -0.117. The van der Waals surface area contributed by atoms with Crippen LogP contribution in [0.1, 0.15) is 44.5 Å². The number of benzene rings is 1. The SMILES string of the molecule is CC(=O)c1cccc(NC(=O)CN2C(=S)NC(C)(C)C[C@H]2C)c1. The van der Waals surface area contributed by atoms with Gasteiger partial charge in [0, 0.05) is 22.8 Å². The van der Waals surface area contributed by atoms with Crippen molar-refractivity contribution >= 4 is 34.7 Å². The molecule has 0 saturated carbocycles. The zero-order valence-corrected chi connectivity index (χ0v) is 14.8. The highest BCUT2D eigenvalue weighted by Crippen LogP contribution is 2.22. The Labute approximate surface area is 142 Å². The molecule has 1 amide bonds. The number of anilines is 1. The molecule has 1 heterocycles. The Kier molecular flexibility index (Phi) is 5.04. The van der Waals surface area contributed by atoms with E-state index in [4.69, 9.17) is 12.2 Å². The summed E-state index contributed by atoms with van der Waals surface area (Å²) in [6, 6.07) is 7.12. The normalized spacial score (nSPS) is 19.9. The first-order valence-electron chi connectivity index (χ1n) is 7.67. The Morgan fingerprint density at radius 3 is 2.74 bits per heavy atom. The number of rotatable bonds is 4. The molecule has 1 aliphatic rings. The maximum absolute atomic E-state index is 12.3. The summed E-state index contributed by atoms with van der Waals surface area (Å²) in [5.41, 5.74) is 1.14. The topological polar surface area (TPSA) is 61.4 Å². The molecular formula is C17H23N3O2S. The molecule has 2 rings (SSSR count). The second-order valence-corrected chi connectivity index (χ2v) is 7.07. The standard InChI is InChI=1S/C17H23N3O2S/c1-11-9-17(3,4)19-16(23)20(11)10-15(22)18-14-7-5-6-13(8-14)12(2)21/h5-8,11H,9-10H2,1-4H3,(H,18,22)(H,19,23)/t11-/m1/s1. The molecule has 5 nitrogen and oxygen atoms in total. The Bertz CT molecular complexity index is 642. The van der Waals surface area contributed by atoms with Crippen molar-refractivity contribution in [2.75, 3.05) is 11.9 Å². The molecule has 0 aromatic heterocycles. The second kappa shape index (κ2) is 6.66. The lowest BCUT2D eigenvalue weighted by atomic mass is 9.93. The third-order valence-corrected chi connectivity index (χ3v) is 4.25. The lowest BCUT2D eigenvalue weighted by Crippen LogP contribution is -2.61. The molecule has 0 radical (unpaired) electrons. The van der Waals surface area contributed by atoms with E-state index < -0.39 is 0 Å². The number of hydrogen-bond acceptors (Lipinski definition) is 3. The highest BCUT2D eigenvalue weighted by atomic mass is 32.1. The fourth-order valence-corrected chi connectivity index (χ4v) is 3.38. The number of amides is 1. The summed E-state index contributed by atoms with van der Waals surface area (Å²) < 4.78 is 0. The highest BCUT2D eigenvalue weighted by molar-refractivity contribution is 7.80. The van der Waals surface area contributed by atoms with Crippen molar-refractivity contribution in [1.82, 2.24) is 10.2 Å². The first-order chi connectivity index (χ1) is 10.7. The van der Waals surface area contributed by atoms with Crippen LogP contribution in [0.4, 0.5) is 5.69 Å². The van der Waals surface area contributed by atoms with E-state index in [9.17, 15) is 9.59 Å². The minimum absolute atomic E-state index is 0.0293. The van der Waals surface area contributed by atoms with Gasteiger partial charge in [-0.2, -0.15) is 0 Å². The van der Waals surface area contributed by atoms with E-state index in [2.05, 4.69) is 31.4 Å². The predicted octanol–water partition coefficient (Wildman–Crippen LogP) is 2.58. The third-order valence-electron chi connectivity index (χ3n) is 3.91. The first kappa shape index (κ1) is 17.4. The molecule has 23 heavy (non-hydrogen) atoms. The van der Waals surface area contributed by atoms with Crippen molar-refractivity contribution in [3.8, 4) is 0 Å². The second-order valence-electron chi connectivity index (χ2n) is 6.68. The van der Waals surface area contributed by atoms with Crippen LogP contribution in [0, 0.1) is 0 Å². The molecule has 0 bridgehead atoms. The number of nitrogens with one attached hydrogen (secondary N) is 2. The number of thiocarbonyl (C=S) groups is 1. The summed E-state index contributed by atoms with van der Waals surface area (Å²) >= 11 is 5.38. The number of hydrogen-bond donors (Lipinski definition) is 2. The third kappa shape index (κ3) is 4.51. The molecule has 6 heteroatoms. The van der Waals surface area contributed by atoms with Gasteiger partial charge in [-0.3, -0.25) is 9.59 Å². The predicted molar refractivity (Wildman–Crippen MR) is 95.7 cm³/mol. The first-order valence-corrected chi connectivity index (χ1v) is 8.08. The summed E-state index contributed by atoms with van der Waals surface area (Å²) in [7, 11) is 0. The minimum Gasteiger partial charge on any atom is -0.358 e. The van der Waals surface area contributed by atoms with Gasteiger partial charge in [-0.25, -0.2) is 0 Å². The van der Waals surface area contributed by atoms with E-state index in [1.165, 1.54) is 6.92 Å². The van der Waals surface area contributed by atoms with Crippen LogP contribution in [0.2, 0.25) is 0 Å². The largest absolute Gasteiger partial charge is 0.358 e. The van der Waals surface area contributed by atoms with Crippen molar-refractivity contribution in [2.24, 2.45) is 0 Å². The molecule has 0 unspecified atom stereocenters. The molecule has 1 saturated heterocycles. The Hall–Kier alpha value is -1.95. The summed E-state index contributed by atoms with van der Waals surface area (Å²) in [4.78, 5) is 25.6. The van der Waals surface area contributed by atoms with Crippen LogP contribution in [0.25, 0.3) is 0 Å². The van der Waals surface area contributed by atoms with Gasteiger partial charge < -0.3 is 15.5 Å². The molecule has 1 aliphatic heterocycles. The number of carbonyl (C=O) groups excluding carboxylic acids is 2. The average Bonchev–Trinajstić information content (AvgIpc) is 2.42. The monoisotopic (exact) mass is 333 g/mol. The molecule has 2 N–H and O–H groups in total. The maximum atomic E-state index is 12.3. The quantitative estimate of drug-likeness (QED) is 0.655. The molecule has 1 atom stereocenters.